The van der Waals surface area contributed by atoms with E-state index in [0.29, 0.717) is 23.3 Å². The van der Waals surface area contributed by atoms with Gasteiger partial charge < -0.3 is 9.47 Å². The minimum Gasteiger partial charge on any atom is -0.342 e. The lowest BCUT2D eigenvalue weighted by Gasteiger charge is -2.38. The maximum atomic E-state index is 13.1. The van der Waals surface area contributed by atoms with Gasteiger partial charge in [-0.25, -0.2) is 9.67 Å². The van der Waals surface area contributed by atoms with E-state index in [0.717, 1.165) is 35.3 Å². The van der Waals surface area contributed by atoms with Crippen LogP contribution in [0.15, 0.2) is 67.5 Å². The lowest BCUT2D eigenvalue weighted by molar-refractivity contribution is -0.125. The van der Waals surface area contributed by atoms with Crippen LogP contribution < -0.4 is 5.32 Å². The number of nitrogens with zero attached hydrogens (tertiary/aromatic N) is 5. The molecule has 34 heavy (non-hydrogen) atoms. The minimum atomic E-state index is -0.180. The van der Waals surface area contributed by atoms with Gasteiger partial charge in [-0.05, 0) is 61.6 Å². The van der Waals surface area contributed by atoms with Crippen molar-refractivity contribution in [3.05, 3.63) is 72.4 Å². The summed E-state index contributed by atoms with van der Waals surface area (Å²) in [6, 6.07) is 13.8. The van der Waals surface area contributed by atoms with Crippen molar-refractivity contribution in [1.82, 2.24) is 24.2 Å². The van der Waals surface area contributed by atoms with Gasteiger partial charge in [-0.15, -0.1) is 11.3 Å². The smallest absolute Gasteiger partial charge is 0.268 e. The fraction of sp³-hybridized carbons (Fsp3) is 0.280. The Hall–Kier alpha value is -3.72. The minimum absolute atomic E-state index is 0.0502. The van der Waals surface area contributed by atoms with E-state index in [2.05, 4.69) is 21.6 Å². The van der Waals surface area contributed by atoms with E-state index in [1.54, 1.807) is 22.8 Å². The van der Waals surface area contributed by atoms with Crippen molar-refractivity contribution in [3.63, 3.8) is 0 Å². The summed E-state index contributed by atoms with van der Waals surface area (Å²) >= 11 is 1.38. The number of rotatable bonds is 8. The second-order valence-electron chi connectivity index (χ2n) is 8.58. The van der Waals surface area contributed by atoms with Gasteiger partial charge in [0.15, 0.2) is 0 Å². The van der Waals surface area contributed by atoms with Crippen LogP contribution in [-0.2, 0) is 4.79 Å². The van der Waals surface area contributed by atoms with Crippen LogP contribution >= 0.6 is 11.3 Å². The van der Waals surface area contributed by atoms with Gasteiger partial charge in [-0.3, -0.25) is 14.9 Å². The van der Waals surface area contributed by atoms with Gasteiger partial charge in [0.05, 0.1) is 15.9 Å². The standard InChI is InChI=1S/C25H26N6O2S/c1-3-22(32)29(2)14-11-17-15-18(16-17)31-20-8-5-4-7-19(20)27-25(31)28-24(33)21-9-10-23(34-21)30-13-6-12-26-30/h3-10,12-13,17-18H,1,11,14-16H2,2H3,(H,27,28,33). The zero-order chi connectivity index (χ0) is 23.7. The van der Waals surface area contributed by atoms with Crippen LogP contribution in [0.2, 0.25) is 0 Å². The van der Waals surface area contributed by atoms with Crippen LogP contribution in [0.5, 0.6) is 0 Å². The van der Waals surface area contributed by atoms with Gasteiger partial charge >= 0.3 is 0 Å². The third kappa shape index (κ3) is 4.26. The molecule has 174 valence electrons. The topological polar surface area (TPSA) is 85.0 Å². The molecule has 0 unspecified atom stereocenters. The average molecular weight is 475 g/mol. The number of hydrogen-bond acceptors (Lipinski definition) is 5. The summed E-state index contributed by atoms with van der Waals surface area (Å²) in [5.41, 5.74) is 1.88. The van der Waals surface area contributed by atoms with E-state index in [1.165, 1.54) is 17.4 Å². The predicted molar refractivity (Wildman–Crippen MR) is 133 cm³/mol. The number of thiophene rings is 1. The molecule has 5 rings (SSSR count). The molecule has 1 aliphatic rings. The molecule has 0 aliphatic heterocycles. The second kappa shape index (κ2) is 9.26. The number of nitrogens with one attached hydrogen (secondary N) is 1. The van der Waals surface area contributed by atoms with Gasteiger partial charge in [0.25, 0.3) is 5.91 Å². The highest BCUT2D eigenvalue weighted by molar-refractivity contribution is 7.16. The first kappa shape index (κ1) is 22.1. The Morgan fingerprint density at radius 3 is 2.82 bits per heavy atom. The number of aromatic nitrogens is 4. The molecule has 0 radical (unpaired) electrons. The fourth-order valence-corrected chi connectivity index (χ4v) is 5.27. The van der Waals surface area contributed by atoms with Crippen molar-refractivity contribution < 1.29 is 9.59 Å². The van der Waals surface area contributed by atoms with Crippen LogP contribution in [0, 0.1) is 5.92 Å². The van der Waals surface area contributed by atoms with E-state index < -0.39 is 0 Å². The predicted octanol–water partition coefficient (Wildman–Crippen LogP) is 4.52. The third-order valence-electron chi connectivity index (χ3n) is 6.37. The molecule has 3 aromatic heterocycles. The van der Waals surface area contributed by atoms with E-state index in [9.17, 15) is 9.59 Å². The summed E-state index contributed by atoms with van der Waals surface area (Å²) in [7, 11) is 1.81. The summed E-state index contributed by atoms with van der Waals surface area (Å²) in [5, 5.41) is 8.15. The SMILES string of the molecule is C=CC(=O)N(C)CCC1CC(n2c(NC(=O)c3ccc(-n4cccn4)s3)nc3ccccc32)C1. The van der Waals surface area contributed by atoms with Gasteiger partial charge in [-0.2, -0.15) is 5.10 Å². The van der Waals surface area contributed by atoms with E-state index in [4.69, 9.17) is 4.98 Å². The maximum absolute atomic E-state index is 13.1. The van der Waals surface area contributed by atoms with E-state index >= 15 is 0 Å². The lowest BCUT2D eigenvalue weighted by Crippen LogP contribution is -2.33. The summed E-state index contributed by atoms with van der Waals surface area (Å²) in [5.74, 6) is 0.873. The van der Waals surface area contributed by atoms with Crippen molar-refractivity contribution in [2.24, 2.45) is 5.92 Å². The largest absolute Gasteiger partial charge is 0.342 e. The van der Waals surface area contributed by atoms with Crippen molar-refractivity contribution in [3.8, 4) is 5.00 Å². The molecule has 0 bridgehead atoms. The van der Waals surface area contributed by atoms with Gasteiger partial charge in [0.2, 0.25) is 11.9 Å². The molecule has 0 spiro atoms. The van der Waals surface area contributed by atoms with Crippen LogP contribution in [0.25, 0.3) is 16.0 Å². The fourth-order valence-electron chi connectivity index (χ4n) is 4.43. The number of anilines is 1. The first-order valence-electron chi connectivity index (χ1n) is 11.3. The Bertz CT molecular complexity index is 1330. The number of likely N-dealkylation sites (N-methyl/N-ethyl adjacent to an activating group) is 1. The molecule has 1 saturated carbocycles. The van der Waals surface area contributed by atoms with E-state index in [-0.39, 0.29) is 17.9 Å². The first-order valence-corrected chi connectivity index (χ1v) is 12.1. The molecule has 8 nitrogen and oxygen atoms in total. The number of amides is 2. The van der Waals surface area contributed by atoms with Crippen molar-refractivity contribution in [2.75, 3.05) is 18.9 Å². The highest BCUT2D eigenvalue weighted by Gasteiger charge is 2.33. The molecule has 0 atom stereocenters. The Kier molecular flexibility index (Phi) is 6.02. The Balaban J connectivity index is 1.31. The number of fused-ring (bicyclic) bond motifs is 1. The molecule has 1 aromatic carbocycles. The van der Waals surface area contributed by atoms with Crippen molar-refractivity contribution in [1.29, 1.82) is 0 Å². The Morgan fingerprint density at radius 2 is 2.06 bits per heavy atom. The summed E-state index contributed by atoms with van der Waals surface area (Å²) in [4.78, 5) is 31.8. The third-order valence-corrected chi connectivity index (χ3v) is 7.44. The quantitative estimate of drug-likeness (QED) is 0.381. The number of hydrogen-bond donors (Lipinski definition) is 1. The molecule has 1 aliphatic carbocycles. The first-order chi connectivity index (χ1) is 16.5. The Labute approximate surface area is 201 Å². The molecule has 1 fully saturated rings. The van der Waals surface area contributed by atoms with E-state index in [1.807, 2.05) is 48.7 Å². The zero-order valence-corrected chi connectivity index (χ0v) is 19.7. The number of imidazole rings is 1. The molecular formula is C25H26N6O2S. The second-order valence-corrected chi connectivity index (χ2v) is 9.64. The highest BCUT2D eigenvalue weighted by Crippen LogP contribution is 2.43. The number of benzene rings is 1. The molecule has 2 amide bonds. The van der Waals surface area contributed by atoms with Gasteiger partial charge in [0, 0.05) is 32.0 Å². The van der Waals surface area contributed by atoms with Crippen molar-refractivity contribution in [2.45, 2.75) is 25.3 Å². The number of carbonyl (C=O) groups is 2. The number of para-hydroxylation sites is 2. The van der Waals surface area contributed by atoms with Crippen LogP contribution in [0.3, 0.4) is 0 Å². The molecule has 1 N–H and O–H groups in total. The molecule has 9 heteroatoms. The molecule has 3 heterocycles. The Morgan fingerprint density at radius 1 is 1.24 bits per heavy atom. The summed E-state index contributed by atoms with van der Waals surface area (Å²) < 4.78 is 3.90. The normalized spacial score (nSPS) is 17.3. The van der Waals surface area contributed by atoms with Crippen molar-refractivity contribution >= 4 is 40.1 Å². The summed E-state index contributed by atoms with van der Waals surface area (Å²) in [6.07, 6.45) is 7.84. The maximum Gasteiger partial charge on any atom is 0.268 e. The van der Waals surface area contributed by atoms with Crippen LogP contribution in [-0.4, -0.2) is 49.6 Å². The monoisotopic (exact) mass is 474 g/mol. The molecular weight excluding hydrogens is 448 g/mol. The lowest BCUT2D eigenvalue weighted by atomic mass is 9.78. The summed E-state index contributed by atoms with van der Waals surface area (Å²) in [6.45, 7) is 4.26. The zero-order valence-electron chi connectivity index (χ0n) is 18.9. The molecule has 0 saturated heterocycles. The van der Waals surface area contributed by atoms with Gasteiger partial charge in [-0.1, -0.05) is 18.7 Å². The highest BCUT2D eigenvalue weighted by atomic mass is 32.1. The number of carbonyl (C=O) groups excluding carboxylic acids is 2. The average Bonchev–Trinajstić information content (AvgIpc) is 3.57. The van der Waals surface area contributed by atoms with Crippen LogP contribution in [0.4, 0.5) is 5.95 Å². The van der Waals surface area contributed by atoms with Gasteiger partial charge in [0.1, 0.15) is 5.00 Å². The molecule has 4 aromatic rings. The van der Waals surface area contributed by atoms with Crippen LogP contribution in [0.1, 0.15) is 35.0 Å².